The first-order valence-corrected chi connectivity index (χ1v) is 9.84. The molecule has 0 spiro atoms. The molecule has 0 bridgehead atoms. The van der Waals surface area contributed by atoms with Crippen LogP contribution in [0.5, 0.6) is 0 Å². The molecule has 3 rings (SSSR count). The third-order valence-corrected chi connectivity index (χ3v) is 4.98. The topological polar surface area (TPSA) is 63.9 Å². The molecule has 1 aromatic heterocycles. The number of aliphatic imine (C=N–C) groups is 1. The fourth-order valence-corrected chi connectivity index (χ4v) is 3.42. The van der Waals surface area contributed by atoms with E-state index in [1.54, 1.807) is 13.3 Å². The zero-order chi connectivity index (χ0) is 19.6. The van der Waals surface area contributed by atoms with Gasteiger partial charge in [0, 0.05) is 58.6 Å². The normalized spacial score (nSPS) is 16.7. The minimum Gasteiger partial charge on any atom is -0.382 e. The highest BCUT2D eigenvalue weighted by Gasteiger charge is 2.24. The minimum absolute atomic E-state index is 0. The first-order chi connectivity index (χ1) is 13.8. The van der Waals surface area contributed by atoms with E-state index < -0.39 is 0 Å². The van der Waals surface area contributed by atoms with Crippen molar-refractivity contribution in [3.63, 3.8) is 0 Å². The lowest BCUT2D eigenvalue weighted by Gasteiger charge is -2.22. The molecule has 0 radical (unpaired) electrons. The SMILES string of the molecule is CN=C(NCc1ccc(Cn2ccnc2)cc1)N1CCC(COCCOC)C1.I. The largest absolute Gasteiger partial charge is 0.382 e. The molecule has 1 atom stereocenters. The zero-order valence-electron chi connectivity index (χ0n) is 17.3. The van der Waals surface area contributed by atoms with Crippen molar-refractivity contribution in [3.8, 4) is 0 Å². The summed E-state index contributed by atoms with van der Waals surface area (Å²) in [5.41, 5.74) is 2.51. The molecule has 2 aromatic rings. The maximum absolute atomic E-state index is 5.68. The van der Waals surface area contributed by atoms with Crippen LogP contribution in [0.15, 0.2) is 48.0 Å². The monoisotopic (exact) mass is 513 g/mol. The molecule has 7 nitrogen and oxygen atoms in total. The lowest BCUT2D eigenvalue weighted by Crippen LogP contribution is -2.39. The fraction of sp³-hybridized carbons (Fsp3) is 0.524. The Bertz CT molecular complexity index is 721. The van der Waals surface area contributed by atoms with E-state index >= 15 is 0 Å². The van der Waals surface area contributed by atoms with Gasteiger partial charge >= 0.3 is 0 Å². The highest BCUT2D eigenvalue weighted by molar-refractivity contribution is 14.0. The number of likely N-dealkylation sites (tertiary alicyclic amines) is 1. The van der Waals surface area contributed by atoms with Gasteiger partial charge in [0.05, 0.1) is 26.1 Å². The summed E-state index contributed by atoms with van der Waals surface area (Å²) in [6, 6.07) is 8.68. The van der Waals surface area contributed by atoms with Crippen molar-refractivity contribution in [2.45, 2.75) is 19.5 Å². The Labute approximate surface area is 190 Å². The van der Waals surface area contributed by atoms with Crippen LogP contribution >= 0.6 is 24.0 Å². The Morgan fingerprint density at radius 2 is 2.03 bits per heavy atom. The molecular formula is C21H32IN5O2. The number of methoxy groups -OCH3 is 1. The number of benzene rings is 1. The number of halogens is 1. The minimum atomic E-state index is 0. The van der Waals surface area contributed by atoms with Crippen LogP contribution in [-0.4, -0.2) is 67.5 Å². The van der Waals surface area contributed by atoms with E-state index in [0.29, 0.717) is 19.1 Å². The number of hydrogen-bond acceptors (Lipinski definition) is 4. The lowest BCUT2D eigenvalue weighted by molar-refractivity contribution is 0.0536. The fourth-order valence-electron chi connectivity index (χ4n) is 3.42. The molecule has 1 unspecified atom stereocenters. The summed E-state index contributed by atoms with van der Waals surface area (Å²) in [5.74, 6) is 1.51. The predicted molar refractivity (Wildman–Crippen MR) is 126 cm³/mol. The Morgan fingerprint density at radius 3 is 2.72 bits per heavy atom. The van der Waals surface area contributed by atoms with Gasteiger partial charge in [-0.3, -0.25) is 4.99 Å². The van der Waals surface area contributed by atoms with Crippen LogP contribution < -0.4 is 5.32 Å². The second kappa shape index (κ2) is 12.8. The van der Waals surface area contributed by atoms with Gasteiger partial charge in [-0.25, -0.2) is 4.98 Å². The van der Waals surface area contributed by atoms with Crippen LogP contribution in [-0.2, 0) is 22.6 Å². The highest BCUT2D eigenvalue weighted by Crippen LogP contribution is 2.17. The molecule has 8 heteroatoms. The molecule has 1 aliphatic heterocycles. The van der Waals surface area contributed by atoms with Gasteiger partial charge in [-0.05, 0) is 17.5 Å². The van der Waals surface area contributed by atoms with E-state index in [1.165, 1.54) is 11.1 Å². The second-order valence-electron chi connectivity index (χ2n) is 7.12. The number of guanidine groups is 1. The Balaban J connectivity index is 0.00000300. The van der Waals surface area contributed by atoms with Gasteiger partial charge in [0.25, 0.3) is 0 Å². The van der Waals surface area contributed by atoms with Crippen molar-refractivity contribution >= 4 is 29.9 Å². The molecule has 0 saturated carbocycles. The second-order valence-corrected chi connectivity index (χ2v) is 7.12. The van der Waals surface area contributed by atoms with Gasteiger partial charge in [0.1, 0.15) is 0 Å². The summed E-state index contributed by atoms with van der Waals surface area (Å²) >= 11 is 0. The van der Waals surface area contributed by atoms with E-state index in [0.717, 1.165) is 45.2 Å². The lowest BCUT2D eigenvalue weighted by atomic mass is 10.1. The molecular weight excluding hydrogens is 481 g/mol. The number of nitrogens with one attached hydrogen (secondary N) is 1. The summed E-state index contributed by atoms with van der Waals surface area (Å²) in [6.07, 6.45) is 6.76. The summed E-state index contributed by atoms with van der Waals surface area (Å²) in [7, 11) is 3.54. The summed E-state index contributed by atoms with van der Waals surface area (Å²) in [6.45, 7) is 5.71. The molecule has 160 valence electrons. The first kappa shape index (κ1) is 23.6. The van der Waals surface area contributed by atoms with E-state index in [2.05, 4.69) is 49.0 Å². The third kappa shape index (κ3) is 7.60. The van der Waals surface area contributed by atoms with Gasteiger partial charge in [0.15, 0.2) is 5.96 Å². The van der Waals surface area contributed by atoms with Gasteiger partial charge in [0.2, 0.25) is 0 Å². The van der Waals surface area contributed by atoms with E-state index in [4.69, 9.17) is 9.47 Å². The standard InChI is InChI=1S/C21H31N5O2.HI/c1-22-21(26-9-7-20(15-26)16-28-12-11-27-2)24-13-18-3-5-19(6-4-18)14-25-10-8-23-17-25;/h3-6,8,10,17,20H,7,9,11-16H2,1-2H3,(H,22,24);1H. The van der Waals surface area contributed by atoms with Crippen molar-refractivity contribution in [1.29, 1.82) is 0 Å². The molecule has 1 aromatic carbocycles. The molecule has 1 fully saturated rings. The average Bonchev–Trinajstić information content (AvgIpc) is 3.39. The predicted octanol–water partition coefficient (Wildman–Crippen LogP) is 2.61. The number of nitrogens with zero attached hydrogens (tertiary/aromatic N) is 4. The van der Waals surface area contributed by atoms with Crippen molar-refractivity contribution in [1.82, 2.24) is 19.8 Å². The van der Waals surface area contributed by atoms with E-state index in [-0.39, 0.29) is 24.0 Å². The smallest absolute Gasteiger partial charge is 0.193 e. The molecule has 1 aliphatic rings. The van der Waals surface area contributed by atoms with Crippen LogP contribution in [0.1, 0.15) is 17.5 Å². The third-order valence-electron chi connectivity index (χ3n) is 4.98. The summed E-state index contributed by atoms with van der Waals surface area (Å²) < 4.78 is 12.8. The van der Waals surface area contributed by atoms with Crippen LogP contribution in [0.25, 0.3) is 0 Å². The number of aromatic nitrogens is 2. The van der Waals surface area contributed by atoms with Crippen molar-refractivity contribution in [3.05, 3.63) is 54.1 Å². The van der Waals surface area contributed by atoms with Crippen LogP contribution in [0.4, 0.5) is 0 Å². The van der Waals surface area contributed by atoms with Crippen molar-refractivity contribution in [2.75, 3.05) is 47.1 Å². The molecule has 1 N–H and O–H groups in total. The van der Waals surface area contributed by atoms with Crippen molar-refractivity contribution in [2.24, 2.45) is 10.9 Å². The van der Waals surface area contributed by atoms with Crippen LogP contribution in [0, 0.1) is 5.92 Å². The summed E-state index contributed by atoms with van der Waals surface area (Å²) in [5, 5.41) is 3.49. The maximum Gasteiger partial charge on any atom is 0.193 e. The van der Waals surface area contributed by atoms with Gasteiger partial charge in [-0.1, -0.05) is 24.3 Å². The van der Waals surface area contributed by atoms with Gasteiger partial charge in [-0.2, -0.15) is 0 Å². The van der Waals surface area contributed by atoms with Gasteiger partial charge in [-0.15, -0.1) is 24.0 Å². The molecule has 2 heterocycles. The van der Waals surface area contributed by atoms with Gasteiger partial charge < -0.3 is 24.3 Å². The zero-order valence-corrected chi connectivity index (χ0v) is 19.6. The number of hydrogen-bond donors (Lipinski definition) is 1. The van der Waals surface area contributed by atoms with Crippen LogP contribution in [0.3, 0.4) is 0 Å². The molecule has 1 saturated heterocycles. The Kier molecular flexibility index (Phi) is 10.4. The van der Waals surface area contributed by atoms with E-state index in [1.807, 2.05) is 19.6 Å². The average molecular weight is 513 g/mol. The quantitative estimate of drug-likeness (QED) is 0.242. The first-order valence-electron chi connectivity index (χ1n) is 9.84. The molecule has 0 aliphatic carbocycles. The maximum atomic E-state index is 5.68. The molecule has 29 heavy (non-hydrogen) atoms. The Hall–Kier alpha value is -1.65. The van der Waals surface area contributed by atoms with Crippen LogP contribution in [0.2, 0.25) is 0 Å². The highest BCUT2D eigenvalue weighted by atomic mass is 127. The Morgan fingerprint density at radius 1 is 1.24 bits per heavy atom. The molecule has 0 amide bonds. The van der Waals surface area contributed by atoms with Crippen molar-refractivity contribution < 1.29 is 9.47 Å². The number of ether oxygens (including phenoxy) is 2. The summed E-state index contributed by atoms with van der Waals surface area (Å²) in [4.78, 5) is 10.9. The number of rotatable bonds is 9. The number of imidazole rings is 1. The van der Waals surface area contributed by atoms with E-state index in [9.17, 15) is 0 Å².